The number of aromatic nitrogens is 2. The molecular formula is C26H31N3. The first-order chi connectivity index (χ1) is 13.6. The van der Waals surface area contributed by atoms with Gasteiger partial charge in [0.1, 0.15) is 17.2 Å². The van der Waals surface area contributed by atoms with E-state index in [1.54, 1.807) is 0 Å². The van der Waals surface area contributed by atoms with Gasteiger partial charge in [-0.1, -0.05) is 63.2 Å². The van der Waals surface area contributed by atoms with Gasteiger partial charge in [0.25, 0.3) is 0 Å². The Balaban J connectivity index is 1.93. The van der Waals surface area contributed by atoms with Gasteiger partial charge in [-0.15, -0.1) is 0 Å². The summed E-state index contributed by atoms with van der Waals surface area (Å²) in [5, 5.41) is 6.31. The molecule has 0 saturated carbocycles. The highest BCUT2D eigenvalue weighted by Gasteiger charge is 2.28. The zero-order valence-corrected chi connectivity index (χ0v) is 18.4. The Kier molecular flexibility index (Phi) is 4.65. The summed E-state index contributed by atoms with van der Waals surface area (Å²) in [5.74, 6) is 1.06. The number of hydrogen-bond donors (Lipinski definition) is 1. The molecule has 2 aromatic carbocycles. The lowest BCUT2D eigenvalue weighted by molar-refractivity contribution is 0.302. The maximum absolute atomic E-state index is 5.07. The first-order valence-corrected chi connectivity index (χ1v) is 10.4. The molecular weight excluding hydrogens is 354 g/mol. The van der Waals surface area contributed by atoms with Crippen LogP contribution < -0.4 is 5.32 Å². The van der Waals surface area contributed by atoms with Crippen LogP contribution in [0.4, 0.5) is 5.82 Å². The van der Waals surface area contributed by atoms with E-state index < -0.39 is 0 Å². The van der Waals surface area contributed by atoms with E-state index in [9.17, 15) is 0 Å². The van der Waals surface area contributed by atoms with Crippen LogP contribution in [0, 0.1) is 12.3 Å². The summed E-state index contributed by atoms with van der Waals surface area (Å²) in [4.78, 5) is 5.07. The van der Waals surface area contributed by atoms with Gasteiger partial charge in [0.15, 0.2) is 0 Å². The average Bonchev–Trinajstić information content (AvgIpc) is 2.95. The molecule has 0 unspecified atom stereocenters. The zero-order valence-electron chi connectivity index (χ0n) is 18.4. The number of nitrogens with zero attached hydrogens (tertiary/aromatic N) is 2. The molecule has 4 rings (SSSR count). The lowest BCUT2D eigenvalue weighted by Crippen LogP contribution is -2.36. The van der Waals surface area contributed by atoms with Crippen molar-refractivity contribution in [1.29, 1.82) is 0 Å². The van der Waals surface area contributed by atoms with Gasteiger partial charge in [-0.2, -0.15) is 0 Å². The summed E-state index contributed by atoms with van der Waals surface area (Å²) in [6.07, 6.45) is 3.18. The van der Waals surface area contributed by atoms with E-state index in [1.165, 1.54) is 21.9 Å². The van der Waals surface area contributed by atoms with Gasteiger partial charge < -0.3 is 5.32 Å². The second-order valence-electron chi connectivity index (χ2n) is 10.0. The highest BCUT2D eigenvalue weighted by molar-refractivity contribution is 5.98. The van der Waals surface area contributed by atoms with Crippen molar-refractivity contribution in [1.82, 2.24) is 9.38 Å². The van der Waals surface area contributed by atoms with Gasteiger partial charge in [-0.05, 0) is 61.1 Å². The van der Waals surface area contributed by atoms with Gasteiger partial charge in [0, 0.05) is 17.3 Å². The summed E-state index contributed by atoms with van der Waals surface area (Å²) >= 11 is 0. The van der Waals surface area contributed by atoms with E-state index >= 15 is 0 Å². The summed E-state index contributed by atoms with van der Waals surface area (Å²) < 4.78 is 2.19. The van der Waals surface area contributed by atoms with Crippen LogP contribution in [0.3, 0.4) is 0 Å². The van der Waals surface area contributed by atoms with Gasteiger partial charge >= 0.3 is 0 Å². The molecule has 0 aliphatic carbocycles. The number of rotatable bonds is 4. The fourth-order valence-electron chi connectivity index (χ4n) is 4.58. The van der Waals surface area contributed by atoms with E-state index in [4.69, 9.17) is 4.98 Å². The molecule has 4 aromatic rings. The minimum absolute atomic E-state index is 0.0710. The van der Waals surface area contributed by atoms with Gasteiger partial charge in [-0.25, -0.2) is 4.98 Å². The normalized spacial score (nSPS) is 12.6. The van der Waals surface area contributed by atoms with E-state index in [0.29, 0.717) is 0 Å². The Labute approximate surface area is 173 Å². The topological polar surface area (TPSA) is 29.3 Å². The maximum atomic E-state index is 5.07. The molecule has 150 valence electrons. The number of hydrogen-bond acceptors (Lipinski definition) is 2. The van der Waals surface area contributed by atoms with E-state index in [1.807, 2.05) is 0 Å². The Morgan fingerprint density at radius 3 is 2.41 bits per heavy atom. The molecule has 2 heterocycles. The van der Waals surface area contributed by atoms with Crippen LogP contribution in [-0.4, -0.2) is 14.9 Å². The van der Waals surface area contributed by atoms with Crippen molar-refractivity contribution in [2.75, 3.05) is 5.32 Å². The second kappa shape index (κ2) is 6.91. The molecule has 1 N–H and O–H groups in total. The standard InChI is InChI=1S/C26H31N3/c1-18-14-15-29-22(16-18)27-23(24(29)28-26(5,6)17-25(2,3)4)21-13-9-11-19-10-7-8-12-20(19)21/h7-16,28H,17H2,1-6H3. The smallest absolute Gasteiger partial charge is 0.139 e. The quantitative estimate of drug-likeness (QED) is 0.406. The van der Waals surface area contributed by atoms with Crippen LogP contribution in [0.25, 0.3) is 27.7 Å². The van der Waals surface area contributed by atoms with Crippen LogP contribution in [0.1, 0.15) is 46.6 Å². The monoisotopic (exact) mass is 385 g/mol. The highest BCUT2D eigenvalue weighted by atomic mass is 15.2. The Morgan fingerprint density at radius 1 is 0.931 bits per heavy atom. The van der Waals surface area contributed by atoms with Crippen molar-refractivity contribution in [3.8, 4) is 11.3 Å². The van der Waals surface area contributed by atoms with Crippen molar-refractivity contribution in [2.24, 2.45) is 5.41 Å². The van der Waals surface area contributed by atoms with Gasteiger partial charge in [-0.3, -0.25) is 4.40 Å². The van der Waals surface area contributed by atoms with Crippen LogP contribution in [0.15, 0.2) is 60.8 Å². The summed E-state index contributed by atoms with van der Waals surface area (Å²) in [6.45, 7) is 13.5. The highest BCUT2D eigenvalue weighted by Crippen LogP contribution is 2.37. The third kappa shape index (κ3) is 4.00. The minimum atomic E-state index is -0.0710. The molecule has 3 heteroatoms. The second-order valence-corrected chi connectivity index (χ2v) is 10.0. The Bertz CT molecular complexity index is 1170. The van der Waals surface area contributed by atoms with Crippen molar-refractivity contribution in [2.45, 2.75) is 53.5 Å². The Hall–Kier alpha value is -2.81. The molecule has 0 radical (unpaired) electrons. The van der Waals surface area contributed by atoms with Crippen molar-refractivity contribution in [3.05, 3.63) is 66.4 Å². The lowest BCUT2D eigenvalue weighted by Gasteiger charge is -2.34. The average molecular weight is 386 g/mol. The van der Waals surface area contributed by atoms with Crippen molar-refractivity contribution in [3.63, 3.8) is 0 Å². The number of benzene rings is 2. The van der Waals surface area contributed by atoms with Crippen LogP contribution in [0.5, 0.6) is 0 Å². The first kappa shape index (κ1) is 19.5. The van der Waals surface area contributed by atoms with E-state index in [-0.39, 0.29) is 11.0 Å². The SMILES string of the molecule is Cc1ccn2c(NC(C)(C)CC(C)(C)C)c(-c3cccc4ccccc34)nc2c1. The fourth-order valence-corrected chi connectivity index (χ4v) is 4.58. The molecule has 0 aliphatic heterocycles. The molecule has 0 fully saturated rings. The third-order valence-electron chi connectivity index (χ3n) is 5.26. The predicted octanol–water partition coefficient (Wildman–Crippen LogP) is 7.09. The summed E-state index contributed by atoms with van der Waals surface area (Å²) in [5.41, 5.74) is 4.52. The minimum Gasteiger partial charge on any atom is -0.364 e. The van der Waals surface area contributed by atoms with Crippen LogP contribution >= 0.6 is 0 Å². The van der Waals surface area contributed by atoms with Gasteiger partial charge in [0.2, 0.25) is 0 Å². The van der Waals surface area contributed by atoms with Crippen molar-refractivity contribution >= 4 is 22.2 Å². The largest absolute Gasteiger partial charge is 0.364 e. The number of anilines is 1. The lowest BCUT2D eigenvalue weighted by atomic mass is 9.82. The summed E-state index contributed by atoms with van der Waals surface area (Å²) in [7, 11) is 0. The molecule has 2 aromatic heterocycles. The zero-order chi connectivity index (χ0) is 20.8. The van der Waals surface area contributed by atoms with Crippen LogP contribution in [-0.2, 0) is 0 Å². The molecule has 0 saturated heterocycles. The van der Waals surface area contributed by atoms with Gasteiger partial charge in [0.05, 0.1) is 0 Å². The first-order valence-electron chi connectivity index (χ1n) is 10.4. The molecule has 0 spiro atoms. The number of nitrogens with one attached hydrogen (secondary N) is 1. The molecule has 0 atom stereocenters. The number of imidazole rings is 1. The molecule has 3 nitrogen and oxygen atoms in total. The predicted molar refractivity (Wildman–Crippen MR) is 125 cm³/mol. The summed E-state index contributed by atoms with van der Waals surface area (Å²) in [6, 6.07) is 19.3. The molecule has 29 heavy (non-hydrogen) atoms. The fraction of sp³-hybridized carbons (Fsp3) is 0.346. The molecule has 0 amide bonds. The van der Waals surface area contributed by atoms with Crippen molar-refractivity contribution < 1.29 is 0 Å². The number of aryl methyl sites for hydroxylation is 1. The van der Waals surface area contributed by atoms with E-state index in [2.05, 4.69) is 112 Å². The number of pyridine rings is 1. The van der Waals surface area contributed by atoms with Crippen LogP contribution in [0.2, 0.25) is 0 Å². The maximum Gasteiger partial charge on any atom is 0.139 e. The Morgan fingerprint density at radius 2 is 1.66 bits per heavy atom. The third-order valence-corrected chi connectivity index (χ3v) is 5.26. The van der Waals surface area contributed by atoms with E-state index in [0.717, 1.165) is 23.6 Å². The molecule has 0 bridgehead atoms. The molecule has 0 aliphatic rings. The number of fused-ring (bicyclic) bond motifs is 2.